The van der Waals surface area contributed by atoms with E-state index in [2.05, 4.69) is 48.1 Å². The summed E-state index contributed by atoms with van der Waals surface area (Å²) < 4.78 is 0. The second-order valence-corrected chi connectivity index (χ2v) is 5.91. The van der Waals surface area contributed by atoms with Gasteiger partial charge >= 0.3 is 0 Å². The topological polar surface area (TPSA) is 28.2 Å². The first-order valence-electron chi connectivity index (χ1n) is 7.63. The molecular formula is C16H27N3. The highest BCUT2D eigenvalue weighted by Crippen LogP contribution is 2.31. The molecule has 0 aliphatic heterocycles. The summed E-state index contributed by atoms with van der Waals surface area (Å²) in [4.78, 5) is 7.15. The molecule has 1 saturated carbocycles. The van der Waals surface area contributed by atoms with Gasteiger partial charge in [0.25, 0.3) is 0 Å². The molecule has 1 fully saturated rings. The van der Waals surface area contributed by atoms with Crippen LogP contribution in [0.15, 0.2) is 18.3 Å². The third-order valence-electron chi connectivity index (χ3n) is 3.62. The molecule has 0 atom stereocenters. The monoisotopic (exact) mass is 261 g/mol. The number of rotatable bonds is 8. The Hall–Kier alpha value is -1.09. The summed E-state index contributed by atoms with van der Waals surface area (Å²) >= 11 is 0. The Kier molecular flexibility index (Phi) is 5.20. The molecule has 2 rings (SSSR count). The Morgan fingerprint density at radius 1 is 1.37 bits per heavy atom. The molecule has 0 radical (unpaired) electrons. The van der Waals surface area contributed by atoms with Crippen LogP contribution >= 0.6 is 0 Å². The normalized spacial score (nSPS) is 14.9. The summed E-state index contributed by atoms with van der Waals surface area (Å²) in [6.45, 7) is 9.77. The summed E-state index contributed by atoms with van der Waals surface area (Å²) in [5, 5.41) is 3.33. The molecule has 1 aromatic rings. The second kappa shape index (κ2) is 6.90. The fourth-order valence-corrected chi connectivity index (χ4v) is 2.23. The largest absolute Gasteiger partial charge is 0.354 e. The molecule has 1 heterocycles. The van der Waals surface area contributed by atoms with Crippen LogP contribution in [0.1, 0.15) is 45.6 Å². The maximum Gasteiger partial charge on any atom is 0.128 e. The Labute approximate surface area is 117 Å². The van der Waals surface area contributed by atoms with Crippen LogP contribution in [-0.4, -0.2) is 24.1 Å². The van der Waals surface area contributed by atoms with Gasteiger partial charge in [-0.15, -0.1) is 0 Å². The summed E-state index contributed by atoms with van der Waals surface area (Å²) in [6.07, 6.45) is 5.93. The van der Waals surface area contributed by atoms with E-state index < -0.39 is 0 Å². The molecular weight excluding hydrogens is 234 g/mol. The third-order valence-corrected chi connectivity index (χ3v) is 3.62. The Morgan fingerprint density at radius 2 is 2.16 bits per heavy atom. The van der Waals surface area contributed by atoms with E-state index in [1.807, 2.05) is 6.20 Å². The van der Waals surface area contributed by atoms with E-state index in [1.165, 1.54) is 24.8 Å². The van der Waals surface area contributed by atoms with Gasteiger partial charge in [0.15, 0.2) is 0 Å². The number of anilines is 1. The lowest BCUT2D eigenvalue weighted by Gasteiger charge is -2.24. The van der Waals surface area contributed by atoms with Crippen LogP contribution in [0.3, 0.4) is 0 Å². The van der Waals surface area contributed by atoms with Crippen molar-refractivity contribution < 1.29 is 0 Å². The summed E-state index contributed by atoms with van der Waals surface area (Å²) in [6, 6.07) is 5.13. The van der Waals surface area contributed by atoms with Crippen LogP contribution < -0.4 is 10.2 Å². The molecule has 0 unspecified atom stereocenters. The lowest BCUT2D eigenvalue weighted by atomic mass is 10.1. The molecule has 0 amide bonds. The molecule has 19 heavy (non-hydrogen) atoms. The Bertz CT molecular complexity index is 368. The van der Waals surface area contributed by atoms with Gasteiger partial charge in [0.1, 0.15) is 5.82 Å². The van der Waals surface area contributed by atoms with E-state index in [4.69, 9.17) is 0 Å². The van der Waals surface area contributed by atoms with Crippen LogP contribution in [0, 0.1) is 5.92 Å². The number of hydrogen-bond acceptors (Lipinski definition) is 3. The number of nitrogens with zero attached hydrogens (tertiary/aromatic N) is 2. The number of nitrogens with one attached hydrogen (secondary N) is 1. The number of hydrogen-bond donors (Lipinski definition) is 1. The highest BCUT2D eigenvalue weighted by atomic mass is 15.2. The summed E-state index contributed by atoms with van der Waals surface area (Å²) in [5.74, 6) is 1.91. The zero-order valence-corrected chi connectivity index (χ0v) is 12.5. The predicted octanol–water partition coefficient (Wildman–Crippen LogP) is 3.21. The maximum atomic E-state index is 4.66. The highest BCUT2D eigenvalue weighted by molar-refractivity contribution is 5.42. The van der Waals surface area contributed by atoms with Crippen molar-refractivity contribution in [1.29, 1.82) is 0 Å². The van der Waals surface area contributed by atoms with Crippen LogP contribution in [0.2, 0.25) is 0 Å². The van der Waals surface area contributed by atoms with Crippen molar-refractivity contribution in [1.82, 2.24) is 10.3 Å². The van der Waals surface area contributed by atoms with Crippen molar-refractivity contribution in [2.75, 3.05) is 18.0 Å². The summed E-state index contributed by atoms with van der Waals surface area (Å²) in [5.41, 5.74) is 1.27. The van der Waals surface area contributed by atoms with Crippen molar-refractivity contribution >= 4 is 5.82 Å². The van der Waals surface area contributed by atoms with Crippen molar-refractivity contribution in [2.45, 2.75) is 52.6 Å². The van der Waals surface area contributed by atoms with Gasteiger partial charge < -0.3 is 10.2 Å². The molecule has 0 saturated heterocycles. The van der Waals surface area contributed by atoms with Crippen LogP contribution in [0.25, 0.3) is 0 Å². The molecule has 1 aliphatic carbocycles. The first-order chi connectivity index (χ1) is 9.20. The minimum Gasteiger partial charge on any atom is -0.354 e. The zero-order valence-electron chi connectivity index (χ0n) is 12.5. The molecule has 0 bridgehead atoms. The van der Waals surface area contributed by atoms with Crippen molar-refractivity contribution in [3.8, 4) is 0 Å². The lowest BCUT2D eigenvalue weighted by Crippen LogP contribution is -2.28. The molecule has 3 nitrogen and oxygen atoms in total. The van der Waals surface area contributed by atoms with Crippen molar-refractivity contribution in [2.24, 2.45) is 5.92 Å². The van der Waals surface area contributed by atoms with Gasteiger partial charge in [0.2, 0.25) is 0 Å². The average molecular weight is 261 g/mol. The molecule has 1 aromatic heterocycles. The number of aromatic nitrogens is 1. The molecule has 0 spiro atoms. The van der Waals surface area contributed by atoms with Crippen LogP contribution in [0.5, 0.6) is 0 Å². The minimum absolute atomic E-state index is 0.742. The fraction of sp³-hybridized carbons (Fsp3) is 0.688. The smallest absolute Gasteiger partial charge is 0.128 e. The van der Waals surface area contributed by atoms with Crippen LogP contribution in [-0.2, 0) is 6.54 Å². The first kappa shape index (κ1) is 14.3. The zero-order chi connectivity index (χ0) is 13.7. The van der Waals surface area contributed by atoms with Gasteiger partial charge in [-0.05, 0) is 43.4 Å². The van der Waals surface area contributed by atoms with E-state index in [9.17, 15) is 0 Å². The predicted molar refractivity (Wildman–Crippen MR) is 81.4 cm³/mol. The van der Waals surface area contributed by atoms with E-state index in [0.717, 1.165) is 37.4 Å². The van der Waals surface area contributed by atoms with Gasteiger partial charge in [0, 0.05) is 25.3 Å². The first-order valence-corrected chi connectivity index (χ1v) is 7.63. The van der Waals surface area contributed by atoms with E-state index in [0.29, 0.717) is 0 Å². The second-order valence-electron chi connectivity index (χ2n) is 5.91. The Balaban J connectivity index is 1.96. The lowest BCUT2D eigenvalue weighted by molar-refractivity contribution is 0.568. The standard InChI is InChI=1S/C16H27N3/c1-4-17-11-14-5-8-16(18-12-14)19(15-6-7-15)10-9-13(2)3/h5,8,12-13,15,17H,4,6-7,9-11H2,1-3H3. The van der Waals surface area contributed by atoms with Crippen molar-refractivity contribution in [3.63, 3.8) is 0 Å². The third kappa shape index (κ3) is 4.50. The van der Waals surface area contributed by atoms with E-state index >= 15 is 0 Å². The van der Waals surface area contributed by atoms with Gasteiger partial charge in [-0.1, -0.05) is 26.8 Å². The fourth-order valence-electron chi connectivity index (χ4n) is 2.23. The van der Waals surface area contributed by atoms with E-state index in [-0.39, 0.29) is 0 Å². The molecule has 1 N–H and O–H groups in total. The van der Waals surface area contributed by atoms with Gasteiger partial charge in [0.05, 0.1) is 0 Å². The van der Waals surface area contributed by atoms with Gasteiger partial charge in [-0.2, -0.15) is 0 Å². The van der Waals surface area contributed by atoms with Gasteiger partial charge in [-0.25, -0.2) is 4.98 Å². The molecule has 0 aromatic carbocycles. The van der Waals surface area contributed by atoms with Crippen molar-refractivity contribution in [3.05, 3.63) is 23.9 Å². The minimum atomic E-state index is 0.742. The molecule has 3 heteroatoms. The maximum absolute atomic E-state index is 4.66. The number of pyridine rings is 1. The van der Waals surface area contributed by atoms with Gasteiger partial charge in [-0.3, -0.25) is 0 Å². The SMILES string of the molecule is CCNCc1ccc(N(CCC(C)C)C2CC2)nc1. The van der Waals surface area contributed by atoms with Crippen LogP contribution in [0.4, 0.5) is 5.82 Å². The Morgan fingerprint density at radius 3 is 2.68 bits per heavy atom. The quantitative estimate of drug-likeness (QED) is 0.779. The molecule has 1 aliphatic rings. The highest BCUT2D eigenvalue weighted by Gasteiger charge is 2.29. The molecule has 106 valence electrons. The van der Waals surface area contributed by atoms with E-state index in [1.54, 1.807) is 0 Å². The summed E-state index contributed by atoms with van der Waals surface area (Å²) in [7, 11) is 0. The average Bonchev–Trinajstić information content (AvgIpc) is 3.22.